The van der Waals surface area contributed by atoms with Crippen LogP contribution in [-0.4, -0.2) is 29.6 Å². The molecule has 20 heavy (non-hydrogen) atoms. The van der Waals surface area contributed by atoms with Gasteiger partial charge in [-0.15, -0.1) is 0 Å². The second-order valence-corrected chi connectivity index (χ2v) is 5.28. The van der Waals surface area contributed by atoms with Gasteiger partial charge in [-0.05, 0) is 19.1 Å². The minimum absolute atomic E-state index is 0.177. The van der Waals surface area contributed by atoms with E-state index in [1.165, 1.54) is 18.4 Å². The van der Waals surface area contributed by atoms with Crippen molar-refractivity contribution in [2.24, 2.45) is 0 Å². The summed E-state index contributed by atoms with van der Waals surface area (Å²) < 4.78 is 4.68. The number of anilines is 1. The van der Waals surface area contributed by atoms with Crippen LogP contribution in [0, 0.1) is 0 Å². The predicted molar refractivity (Wildman–Crippen MR) is 79.4 cm³/mol. The number of halogens is 1. The van der Waals surface area contributed by atoms with E-state index in [0.29, 0.717) is 16.6 Å². The largest absolute Gasteiger partial charge is 0.465 e. The van der Waals surface area contributed by atoms with Gasteiger partial charge in [0.1, 0.15) is 0 Å². The third-order valence-electron chi connectivity index (χ3n) is 2.68. The molecule has 0 atom stereocenters. The molecule has 0 aromatic carbocycles. The van der Waals surface area contributed by atoms with Gasteiger partial charge in [0.05, 0.1) is 19.3 Å². The number of rotatable bonds is 5. The van der Waals surface area contributed by atoms with Gasteiger partial charge in [0, 0.05) is 12.7 Å². The summed E-state index contributed by atoms with van der Waals surface area (Å²) >= 11 is 7.20. The van der Waals surface area contributed by atoms with Crippen molar-refractivity contribution in [1.82, 2.24) is 9.97 Å². The molecule has 0 amide bonds. The molecule has 5 nitrogen and oxygen atoms in total. The van der Waals surface area contributed by atoms with Crippen molar-refractivity contribution in [1.29, 1.82) is 0 Å². The summed E-state index contributed by atoms with van der Waals surface area (Å²) in [7, 11) is 1.32. The number of aromatic nitrogens is 2. The highest BCUT2D eigenvalue weighted by Crippen LogP contribution is 2.30. The first-order valence-corrected chi connectivity index (χ1v) is 7.24. The van der Waals surface area contributed by atoms with Crippen LogP contribution in [0.15, 0.2) is 24.4 Å². The van der Waals surface area contributed by atoms with Gasteiger partial charge in [-0.1, -0.05) is 29.0 Å². The monoisotopic (exact) mass is 311 g/mol. The number of nitrogens with zero attached hydrogens (tertiary/aromatic N) is 3. The zero-order valence-corrected chi connectivity index (χ0v) is 12.7. The van der Waals surface area contributed by atoms with Gasteiger partial charge in [-0.25, -0.2) is 9.78 Å². The Morgan fingerprint density at radius 2 is 2.30 bits per heavy atom. The number of methoxy groups -OCH3 is 1. The maximum Gasteiger partial charge on any atom is 0.351 e. The highest BCUT2D eigenvalue weighted by molar-refractivity contribution is 7.18. The summed E-state index contributed by atoms with van der Waals surface area (Å²) in [4.78, 5) is 22.4. The van der Waals surface area contributed by atoms with Crippen molar-refractivity contribution in [2.45, 2.75) is 13.5 Å². The van der Waals surface area contributed by atoms with E-state index in [9.17, 15) is 4.79 Å². The number of carbonyl (C=O) groups is 1. The van der Waals surface area contributed by atoms with E-state index in [1.54, 1.807) is 6.20 Å². The van der Waals surface area contributed by atoms with E-state index in [-0.39, 0.29) is 5.15 Å². The minimum atomic E-state index is -0.465. The number of hydrogen-bond acceptors (Lipinski definition) is 6. The highest BCUT2D eigenvalue weighted by atomic mass is 35.5. The van der Waals surface area contributed by atoms with Crippen LogP contribution in [0.3, 0.4) is 0 Å². The maximum atomic E-state index is 11.5. The summed E-state index contributed by atoms with van der Waals surface area (Å²) in [6.45, 7) is 3.36. The molecule has 2 aromatic rings. The van der Waals surface area contributed by atoms with Crippen molar-refractivity contribution >= 4 is 34.0 Å². The molecule has 0 bridgehead atoms. The number of hydrogen-bond donors (Lipinski definition) is 0. The van der Waals surface area contributed by atoms with Gasteiger partial charge >= 0.3 is 5.97 Å². The van der Waals surface area contributed by atoms with Crippen LogP contribution in [0.2, 0.25) is 5.15 Å². The lowest BCUT2D eigenvalue weighted by Crippen LogP contribution is -2.22. The smallest absolute Gasteiger partial charge is 0.351 e. The number of ether oxygens (including phenoxy) is 1. The van der Waals surface area contributed by atoms with Gasteiger partial charge in [0.2, 0.25) is 0 Å². The number of thiazole rings is 1. The van der Waals surface area contributed by atoms with Gasteiger partial charge in [0.15, 0.2) is 15.2 Å². The Kier molecular flexibility index (Phi) is 4.92. The van der Waals surface area contributed by atoms with Crippen molar-refractivity contribution in [2.75, 3.05) is 18.6 Å². The zero-order valence-electron chi connectivity index (χ0n) is 11.2. The molecule has 2 rings (SSSR count). The van der Waals surface area contributed by atoms with Crippen LogP contribution in [0.4, 0.5) is 5.13 Å². The van der Waals surface area contributed by atoms with Gasteiger partial charge < -0.3 is 9.64 Å². The van der Waals surface area contributed by atoms with Crippen molar-refractivity contribution in [3.63, 3.8) is 0 Å². The van der Waals surface area contributed by atoms with E-state index >= 15 is 0 Å². The Morgan fingerprint density at radius 1 is 1.50 bits per heavy atom. The molecule has 0 aliphatic heterocycles. The van der Waals surface area contributed by atoms with Crippen LogP contribution in [0.5, 0.6) is 0 Å². The average molecular weight is 312 g/mol. The van der Waals surface area contributed by atoms with Crippen molar-refractivity contribution < 1.29 is 9.53 Å². The first-order valence-electron chi connectivity index (χ1n) is 6.05. The molecular weight excluding hydrogens is 298 g/mol. The summed E-state index contributed by atoms with van der Waals surface area (Å²) in [6.07, 6.45) is 1.75. The van der Waals surface area contributed by atoms with Gasteiger partial charge in [-0.3, -0.25) is 4.98 Å². The molecule has 106 valence electrons. The molecule has 0 saturated carbocycles. The molecule has 2 heterocycles. The summed E-state index contributed by atoms with van der Waals surface area (Å²) in [6, 6.07) is 5.75. The van der Waals surface area contributed by atoms with Crippen molar-refractivity contribution in [3.05, 3.63) is 40.1 Å². The number of esters is 1. The quantitative estimate of drug-likeness (QED) is 0.795. The fourth-order valence-electron chi connectivity index (χ4n) is 1.65. The summed E-state index contributed by atoms with van der Waals surface area (Å²) in [5, 5.41) is 0.861. The second kappa shape index (κ2) is 6.67. The fourth-order valence-corrected chi connectivity index (χ4v) is 2.91. The van der Waals surface area contributed by atoms with Crippen LogP contribution in [0.25, 0.3) is 0 Å². The standard InChI is InChI=1S/C13H14ClN3O2S/c1-3-17(8-9-6-4-5-7-15-9)13-16-11(14)10(20-13)12(18)19-2/h4-7H,3,8H2,1-2H3. The summed E-state index contributed by atoms with van der Waals surface area (Å²) in [5.74, 6) is -0.465. The van der Waals surface area contributed by atoms with Crippen molar-refractivity contribution in [3.8, 4) is 0 Å². The van der Waals surface area contributed by atoms with E-state index in [1.807, 2.05) is 30.0 Å². The van der Waals surface area contributed by atoms with E-state index in [2.05, 4.69) is 14.7 Å². The molecule has 0 spiro atoms. The second-order valence-electron chi connectivity index (χ2n) is 3.94. The minimum Gasteiger partial charge on any atom is -0.465 e. The first kappa shape index (κ1) is 14.7. The Labute approximate surface area is 126 Å². The first-order chi connectivity index (χ1) is 9.65. The number of carbonyl (C=O) groups excluding carboxylic acids is 1. The molecule has 0 fully saturated rings. The van der Waals surface area contributed by atoms with Crippen LogP contribution in [-0.2, 0) is 11.3 Å². The molecule has 0 unspecified atom stereocenters. The van der Waals surface area contributed by atoms with Crippen LogP contribution >= 0.6 is 22.9 Å². The SMILES string of the molecule is CCN(Cc1ccccn1)c1nc(Cl)c(C(=O)OC)s1. The molecule has 0 aliphatic carbocycles. The van der Waals surface area contributed by atoms with E-state index in [0.717, 1.165) is 12.2 Å². The highest BCUT2D eigenvalue weighted by Gasteiger charge is 2.20. The third-order valence-corrected chi connectivity index (χ3v) is 4.16. The van der Waals surface area contributed by atoms with Gasteiger partial charge in [0.25, 0.3) is 0 Å². The van der Waals surface area contributed by atoms with E-state index < -0.39 is 5.97 Å². The third kappa shape index (κ3) is 3.26. The maximum absolute atomic E-state index is 11.5. The lowest BCUT2D eigenvalue weighted by atomic mass is 10.3. The Balaban J connectivity index is 2.22. The summed E-state index contributed by atoms with van der Waals surface area (Å²) in [5.41, 5.74) is 0.931. The number of pyridine rings is 1. The zero-order chi connectivity index (χ0) is 14.5. The molecule has 0 saturated heterocycles. The predicted octanol–water partition coefficient (Wildman–Crippen LogP) is 3.00. The molecule has 0 N–H and O–H groups in total. The van der Waals surface area contributed by atoms with Crippen LogP contribution < -0.4 is 4.90 Å². The average Bonchev–Trinajstić information content (AvgIpc) is 2.87. The molecular formula is C13H14ClN3O2S. The Hall–Kier alpha value is -1.66. The van der Waals surface area contributed by atoms with Crippen LogP contribution in [0.1, 0.15) is 22.3 Å². The normalized spacial score (nSPS) is 10.3. The van der Waals surface area contributed by atoms with E-state index in [4.69, 9.17) is 11.6 Å². The molecule has 0 aliphatic rings. The Morgan fingerprint density at radius 3 is 2.90 bits per heavy atom. The lowest BCUT2D eigenvalue weighted by molar-refractivity contribution is 0.0606. The Bertz CT molecular complexity index is 589. The topological polar surface area (TPSA) is 55.3 Å². The fraction of sp³-hybridized carbons (Fsp3) is 0.308. The molecule has 0 radical (unpaired) electrons. The lowest BCUT2D eigenvalue weighted by Gasteiger charge is -2.18. The van der Waals surface area contributed by atoms with Gasteiger partial charge in [-0.2, -0.15) is 0 Å². The molecule has 7 heteroatoms. The molecule has 2 aromatic heterocycles.